The molecular weight excluding hydrogens is 166 g/mol. The van der Waals surface area contributed by atoms with Crippen molar-refractivity contribution < 1.29 is 4.79 Å². The van der Waals surface area contributed by atoms with Crippen LogP contribution in [0.5, 0.6) is 0 Å². The maximum absolute atomic E-state index is 10.3. The molecule has 0 saturated heterocycles. The van der Waals surface area contributed by atoms with Gasteiger partial charge in [0, 0.05) is 6.20 Å². The van der Waals surface area contributed by atoms with Gasteiger partial charge in [-0.25, -0.2) is 4.98 Å². The van der Waals surface area contributed by atoms with Crippen molar-refractivity contribution in [1.82, 2.24) is 4.98 Å². The number of carbonyl (C=O) groups is 1. The molecule has 0 saturated carbocycles. The molecule has 66 valence electrons. The molecule has 0 amide bonds. The number of nitrogens with one attached hydrogen (secondary N) is 1. The molecule has 1 atom stereocenters. The fourth-order valence-corrected chi connectivity index (χ4v) is 0.860. The smallest absolute Gasteiger partial charge is 0.144 e. The lowest BCUT2D eigenvalue weighted by Crippen LogP contribution is -2.17. The first-order chi connectivity index (χ1) is 6.27. The minimum absolute atomic E-state index is 0.331. The van der Waals surface area contributed by atoms with Crippen LogP contribution in [0.3, 0.4) is 0 Å². The third kappa shape index (κ3) is 2.27. The van der Waals surface area contributed by atoms with Crippen LogP contribution in [0.2, 0.25) is 0 Å². The molecule has 1 aromatic rings. The van der Waals surface area contributed by atoms with E-state index in [1.807, 2.05) is 6.07 Å². The molecule has 13 heavy (non-hydrogen) atoms. The number of aldehydes is 1. The topological polar surface area (TPSA) is 65.8 Å². The van der Waals surface area contributed by atoms with Gasteiger partial charge in [0.2, 0.25) is 0 Å². The summed E-state index contributed by atoms with van der Waals surface area (Å²) in [6, 6.07) is 4.97. The molecule has 4 heteroatoms. The van der Waals surface area contributed by atoms with Crippen molar-refractivity contribution in [1.29, 1.82) is 5.26 Å². The molecule has 0 fully saturated rings. The van der Waals surface area contributed by atoms with Crippen molar-refractivity contribution >= 4 is 12.1 Å². The first-order valence-corrected chi connectivity index (χ1v) is 3.85. The van der Waals surface area contributed by atoms with E-state index in [0.717, 1.165) is 6.29 Å². The van der Waals surface area contributed by atoms with Crippen LogP contribution >= 0.6 is 0 Å². The Kier molecular flexibility index (Phi) is 2.98. The molecule has 0 spiro atoms. The minimum atomic E-state index is -0.331. The van der Waals surface area contributed by atoms with Gasteiger partial charge < -0.3 is 10.1 Å². The van der Waals surface area contributed by atoms with Gasteiger partial charge in [0.15, 0.2) is 0 Å². The number of carbonyl (C=O) groups excluding carboxylic acids is 1. The maximum atomic E-state index is 10.3. The molecule has 0 aliphatic carbocycles. The highest BCUT2D eigenvalue weighted by molar-refractivity contribution is 5.64. The fourth-order valence-electron chi connectivity index (χ4n) is 0.860. The van der Waals surface area contributed by atoms with E-state index in [1.165, 1.54) is 0 Å². The normalized spacial score (nSPS) is 11.4. The van der Waals surface area contributed by atoms with E-state index in [-0.39, 0.29) is 6.04 Å². The van der Waals surface area contributed by atoms with Crippen LogP contribution in [0.15, 0.2) is 18.3 Å². The molecule has 0 aliphatic rings. The van der Waals surface area contributed by atoms with Gasteiger partial charge in [-0.1, -0.05) is 0 Å². The number of anilines is 1. The van der Waals surface area contributed by atoms with Crippen LogP contribution in [0.1, 0.15) is 12.5 Å². The zero-order chi connectivity index (χ0) is 9.68. The summed E-state index contributed by atoms with van der Waals surface area (Å²) in [5.74, 6) is 0.449. The van der Waals surface area contributed by atoms with Crippen LogP contribution in [-0.4, -0.2) is 17.3 Å². The Morgan fingerprint density at radius 2 is 2.54 bits per heavy atom. The van der Waals surface area contributed by atoms with Gasteiger partial charge in [-0.15, -0.1) is 0 Å². The summed E-state index contributed by atoms with van der Waals surface area (Å²) >= 11 is 0. The summed E-state index contributed by atoms with van der Waals surface area (Å²) < 4.78 is 0. The third-order valence-electron chi connectivity index (χ3n) is 1.50. The summed E-state index contributed by atoms with van der Waals surface area (Å²) in [5, 5.41) is 11.5. The van der Waals surface area contributed by atoms with Gasteiger partial charge >= 0.3 is 0 Å². The summed E-state index contributed by atoms with van der Waals surface area (Å²) in [6.07, 6.45) is 2.33. The van der Waals surface area contributed by atoms with Crippen molar-refractivity contribution in [2.45, 2.75) is 13.0 Å². The standard InChI is InChI=1S/C9H9N3O/c1-7(6-13)12-9-8(5-10)3-2-4-11-9/h2-4,6-7H,1H3,(H,11,12). The Hall–Kier alpha value is -1.89. The van der Waals surface area contributed by atoms with E-state index in [9.17, 15) is 4.79 Å². The van der Waals surface area contributed by atoms with Crippen molar-refractivity contribution in [3.63, 3.8) is 0 Å². The lowest BCUT2D eigenvalue weighted by Gasteiger charge is -2.08. The summed E-state index contributed by atoms with van der Waals surface area (Å²) in [5.41, 5.74) is 0.441. The van der Waals surface area contributed by atoms with E-state index in [4.69, 9.17) is 5.26 Å². The predicted octanol–water partition coefficient (Wildman–Crippen LogP) is 0.953. The third-order valence-corrected chi connectivity index (χ3v) is 1.50. The summed E-state index contributed by atoms with van der Waals surface area (Å²) in [6.45, 7) is 1.70. The molecule has 1 heterocycles. The zero-order valence-electron chi connectivity index (χ0n) is 7.19. The highest BCUT2D eigenvalue weighted by Gasteiger charge is 2.04. The highest BCUT2D eigenvalue weighted by atomic mass is 16.1. The number of rotatable bonds is 3. The highest BCUT2D eigenvalue weighted by Crippen LogP contribution is 2.09. The van der Waals surface area contributed by atoms with Crippen molar-refractivity contribution in [2.75, 3.05) is 5.32 Å². The van der Waals surface area contributed by atoms with Crippen molar-refractivity contribution in [2.24, 2.45) is 0 Å². The SMILES string of the molecule is CC(C=O)Nc1ncccc1C#N. The first kappa shape index (κ1) is 9.20. The van der Waals surface area contributed by atoms with Crippen LogP contribution in [-0.2, 0) is 4.79 Å². The quantitative estimate of drug-likeness (QED) is 0.694. The van der Waals surface area contributed by atoms with Gasteiger partial charge in [0.05, 0.1) is 11.6 Å². The molecule has 0 radical (unpaired) electrons. The van der Waals surface area contributed by atoms with Gasteiger partial charge in [0.25, 0.3) is 0 Å². The number of hydrogen-bond acceptors (Lipinski definition) is 4. The van der Waals surface area contributed by atoms with Gasteiger partial charge in [-0.2, -0.15) is 5.26 Å². The Balaban J connectivity index is 2.88. The van der Waals surface area contributed by atoms with E-state index in [0.29, 0.717) is 11.4 Å². The van der Waals surface area contributed by atoms with Crippen LogP contribution in [0.25, 0.3) is 0 Å². The second-order valence-corrected chi connectivity index (χ2v) is 2.58. The molecule has 0 aromatic carbocycles. The second kappa shape index (κ2) is 4.21. The number of nitriles is 1. The van der Waals surface area contributed by atoms with Crippen molar-refractivity contribution in [3.8, 4) is 6.07 Å². The average Bonchev–Trinajstić information content (AvgIpc) is 2.18. The number of nitrogens with zero attached hydrogens (tertiary/aromatic N) is 2. The number of pyridine rings is 1. The minimum Gasteiger partial charge on any atom is -0.360 e. The second-order valence-electron chi connectivity index (χ2n) is 2.58. The van der Waals surface area contributed by atoms with E-state index in [1.54, 1.807) is 25.3 Å². The zero-order valence-corrected chi connectivity index (χ0v) is 7.19. The van der Waals surface area contributed by atoms with Crippen LogP contribution in [0.4, 0.5) is 5.82 Å². The van der Waals surface area contributed by atoms with Gasteiger partial charge in [-0.05, 0) is 19.1 Å². The molecule has 1 N–H and O–H groups in total. The molecule has 1 aromatic heterocycles. The predicted molar refractivity (Wildman–Crippen MR) is 48.1 cm³/mol. The Morgan fingerprint density at radius 3 is 3.15 bits per heavy atom. The largest absolute Gasteiger partial charge is 0.360 e. The maximum Gasteiger partial charge on any atom is 0.144 e. The first-order valence-electron chi connectivity index (χ1n) is 3.85. The van der Waals surface area contributed by atoms with E-state index >= 15 is 0 Å². The fraction of sp³-hybridized carbons (Fsp3) is 0.222. The Morgan fingerprint density at radius 1 is 1.77 bits per heavy atom. The Labute approximate surface area is 76.2 Å². The van der Waals surface area contributed by atoms with E-state index < -0.39 is 0 Å². The molecular formula is C9H9N3O. The molecule has 0 aliphatic heterocycles. The number of hydrogen-bond donors (Lipinski definition) is 1. The lowest BCUT2D eigenvalue weighted by molar-refractivity contribution is -0.108. The van der Waals surface area contributed by atoms with Gasteiger partial charge in [0.1, 0.15) is 18.2 Å². The monoisotopic (exact) mass is 175 g/mol. The summed E-state index contributed by atoms with van der Waals surface area (Å²) in [4.78, 5) is 14.3. The molecule has 1 unspecified atom stereocenters. The van der Waals surface area contributed by atoms with Crippen LogP contribution in [0, 0.1) is 11.3 Å². The average molecular weight is 175 g/mol. The molecule has 1 rings (SSSR count). The number of aromatic nitrogens is 1. The summed E-state index contributed by atoms with van der Waals surface area (Å²) in [7, 11) is 0. The van der Waals surface area contributed by atoms with E-state index in [2.05, 4.69) is 10.3 Å². The molecule has 0 bridgehead atoms. The van der Waals surface area contributed by atoms with Crippen molar-refractivity contribution in [3.05, 3.63) is 23.9 Å². The van der Waals surface area contributed by atoms with Crippen LogP contribution < -0.4 is 5.32 Å². The lowest BCUT2D eigenvalue weighted by atomic mass is 10.2. The Bertz CT molecular complexity index is 343. The molecule has 4 nitrogen and oxygen atoms in total. The van der Waals surface area contributed by atoms with Gasteiger partial charge in [-0.3, -0.25) is 0 Å².